The first-order valence-corrected chi connectivity index (χ1v) is 7.14. The van der Waals surface area contributed by atoms with Crippen LogP contribution in [-0.2, 0) is 11.0 Å². The molecule has 0 N–H and O–H groups in total. The zero-order valence-corrected chi connectivity index (χ0v) is 12.0. The molecule has 0 unspecified atom stereocenters. The van der Waals surface area contributed by atoms with Gasteiger partial charge in [-0.1, -0.05) is 24.8 Å². The summed E-state index contributed by atoms with van der Waals surface area (Å²) >= 11 is 0. The van der Waals surface area contributed by atoms with Crippen LogP contribution in [0.2, 0.25) is 0 Å². The van der Waals surface area contributed by atoms with Crippen LogP contribution in [0.1, 0.15) is 24.0 Å². The van der Waals surface area contributed by atoms with E-state index in [1.807, 2.05) is 0 Å². The fraction of sp³-hybridized carbons (Fsp3) is 0.353. The third-order valence-corrected chi connectivity index (χ3v) is 4.45. The van der Waals surface area contributed by atoms with Crippen molar-refractivity contribution >= 4 is 11.5 Å². The first-order chi connectivity index (χ1) is 10.3. The summed E-state index contributed by atoms with van der Waals surface area (Å²) in [6.07, 6.45) is 0.903. The maximum absolute atomic E-state index is 12.6. The van der Waals surface area contributed by atoms with Gasteiger partial charge in [0, 0.05) is 18.5 Å². The van der Waals surface area contributed by atoms with Crippen LogP contribution in [0.15, 0.2) is 43.0 Å². The molecule has 1 aliphatic heterocycles. The summed E-state index contributed by atoms with van der Waals surface area (Å²) in [6, 6.07) is 5.29. The summed E-state index contributed by atoms with van der Waals surface area (Å²) in [5, 5.41) is 0. The minimum Gasteiger partial charge on any atom is -0.337 e. The Morgan fingerprint density at radius 1 is 1.23 bits per heavy atom. The lowest BCUT2D eigenvalue weighted by molar-refractivity contribution is -0.137. The fourth-order valence-corrected chi connectivity index (χ4v) is 3.25. The van der Waals surface area contributed by atoms with Crippen LogP contribution < -0.4 is 0 Å². The van der Waals surface area contributed by atoms with E-state index >= 15 is 0 Å². The molecule has 22 heavy (non-hydrogen) atoms. The molecule has 2 nitrogen and oxygen atoms in total. The number of hydrogen-bond acceptors (Lipinski definition) is 1. The largest absolute Gasteiger partial charge is 0.416 e. The quantitative estimate of drug-likeness (QED) is 0.759. The van der Waals surface area contributed by atoms with Gasteiger partial charge < -0.3 is 4.90 Å². The average Bonchev–Trinajstić information content (AvgIpc) is 2.89. The fourth-order valence-electron chi connectivity index (χ4n) is 3.25. The molecule has 0 bridgehead atoms. The van der Waals surface area contributed by atoms with Gasteiger partial charge in [-0.25, -0.2) is 0 Å². The maximum Gasteiger partial charge on any atom is 0.416 e. The minimum absolute atomic E-state index is 0.00327. The summed E-state index contributed by atoms with van der Waals surface area (Å²) in [5.74, 6) is -0.0676. The number of alkyl halides is 3. The number of likely N-dealkylation sites (tertiary alicyclic amines) is 1. The number of halogens is 3. The molecule has 1 spiro atoms. The highest BCUT2D eigenvalue weighted by Crippen LogP contribution is 2.46. The third kappa shape index (κ3) is 2.56. The normalized spacial score (nSPS) is 19.8. The van der Waals surface area contributed by atoms with Crippen molar-refractivity contribution in [3.63, 3.8) is 0 Å². The number of amides is 1. The van der Waals surface area contributed by atoms with Crippen molar-refractivity contribution in [3.05, 3.63) is 54.1 Å². The van der Waals surface area contributed by atoms with Gasteiger partial charge in [0.05, 0.1) is 5.56 Å². The smallest absolute Gasteiger partial charge is 0.337 e. The van der Waals surface area contributed by atoms with Crippen LogP contribution in [-0.4, -0.2) is 23.9 Å². The molecule has 0 saturated carbocycles. The summed E-state index contributed by atoms with van der Waals surface area (Å²) in [6.45, 7) is 4.81. The van der Waals surface area contributed by atoms with Crippen molar-refractivity contribution in [2.24, 2.45) is 5.41 Å². The van der Waals surface area contributed by atoms with E-state index in [1.54, 1.807) is 4.90 Å². The summed E-state index contributed by atoms with van der Waals surface area (Å²) < 4.78 is 37.7. The molecular weight excluding hydrogens is 291 g/mol. The molecule has 0 radical (unpaired) electrons. The van der Waals surface area contributed by atoms with Crippen molar-refractivity contribution in [2.45, 2.75) is 19.0 Å². The predicted molar refractivity (Wildman–Crippen MR) is 77.9 cm³/mol. The van der Waals surface area contributed by atoms with Gasteiger partial charge >= 0.3 is 6.18 Å². The Balaban J connectivity index is 1.73. The highest BCUT2D eigenvalue weighted by Gasteiger charge is 2.45. The molecule has 1 aromatic carbocycles. The third-order valence-electron chi connectivity index (χ3n) is 4.45. The Morgan fingerprint density at radius 3 is 2.41 bits per heavy atom. The Bertz CT molecular complexity index is 637. The number of allylic oxidation sites excluding steroid dienone is 1. The van der Waals surface area contributed by atoms with Crippen molar-refractivity contribution in [3.8, 4) is 0 Å². The molecule has 0 aromatic heterocycles. The topological polar surface area (TPSA) is 20.3 Å². The molecule has 1 amide bonds. The second-order valence-corrected chi connectivity index (χ2v) is 6.01. The molecule has 0 atom stereocenters. The lowest BCUT2D eigenvalue weighted by atomic mass is 9.79. The lowest BCUT2D eigenvalue weighted by Gasteiger charge is -2.46. The SMILES string of the molecule is C=CC(=O)N1CC2(C=C(c3ccc(C(F)(F)F)cc3)CC2)C1. The number of rotatable bonds is 2. The molecule has 116 valence electrons. The van der Waals surface area contributed by atoms with Crippen LogP contribution in [0.4, 0.5) is 13.2 Å². The first-order valence-electron chi connectivity index (χ1n) is 7.14. The molecule has 1 heterocycles. The van der Waals surface area contributed by atoms with E-state index < -0.39 is 11.7 Å². The second kappa shape index (κ2) is 5.00. The van der Waals surface area contributed by atoms with E-state index in [4.69, 9.17) is 0 Å². The molecule has 1 aliphatic carbocycles. The van der Waals surface area contributed by atoms with E-state index in [1.165, 1.54) is 18.2 Å². The van der Waals surface area contributed by atoms with Gasteiger partial charge in [-0.3, -0.25) is 4.79 Å². The Hall–Kier alpha value is -2.04. The predicted octanol–water partition coefficient (Wildman–Crippen LogP) is 3.90. The van der Waals surface area contributed by atoms with E-state index in [0.717, 1.165) is 36.1 Å². The summed E-state index contributed by atoms with van der Waals surface area (Å²) in [5.41, 5.74) is 1.27. The van der Waals surface area contributed by atoms with Crippen LogP contribution in [0.25, 0.3) is 5.57 Å². The Kier molecular flexibility index (Phi) is 3.38. The Morgan fingerprint density at radius 2 is 1.86 bits per heavy atom. The van der Waals surface area contributed by atoms with E-state index in [0.29, 0.717) is 13.1 Å². The first kappa shape index (κ1) is 14.9. The van der Waals surface area contributed by atoms with Crippen LogP contribution in [0.5, 0.6) is 0 Å². The summed E-state index contributed by atoms with van der Waals surface area (Å²) in [7, 11) is 0. The highest BCUT2D eigenvalue weighted by molar-refractivity contribution is 5.88. The number of carbonyl (C=O) groups is 1. The monoisotopic (exact) mass is 307 g/mol. The van der Waals surface area contributed by atoms with E-state index in [2.05, 4.69) is 12.7 Å². The Labute approximate surface area is 126 Å². The number of nitrogens with zero attached hydrogens (tertiary/aromatic N) is 1. The number of carbonyl (C=O) groups excluding carboxylic acids is 1. The van der Waals surface area contributed by atoms with Crippen LogP contribution >= 0.6 is 0 Å². The summed E-state index contributed by atoms with van der Waals surface area (Å²) in [4.78, 5) is 13.2. The van der Waals surface area contributed by atoms with E-state index in [9.17, 15) is 18.0 Å². The van der Waals surface area contributed by atoms with Crippen molar-refractivity contribution in [1.82, 2.24) is 4.90 Å². The van der Waals surface area contributed by atoms with Crippen LogP contribution in [0, 0.1) is 5.41 Å². The van der Waals surface area contributed by atoms with Gasteiger partial charge in [0.2, 0.25) is 5.91 Å². The van der Waals surface area contributed by atoms with Crippen molar-refractivity contribution in [2.75, 3.05) is 13.1 Å². The molecule has 1 aromatic rings. The molecule has 1 fully saturated rings. The molecule has 1 saturated heterocycles. The molecule has 5 heteroatoms. The molecular formula is C17H16F3NO. The lowest BCUT2D eigenvalue weighted by Crippen LogP contribution is -2.56. The second-order valence-electron chi connectivity index (χ2n) is 6.01. The minimum atomic E-state index is -4.30. The van der Waals surface area contributed by atoms with Crippen LogP contribution in [0.3, 0.4) is 0 Å². The van der Waals surface area contributed by atoms with Gasteiger partial charge in [0.15, 0.2) is 0 Å². The van der Waals surface area contributed by atoms with E-state index in [-0.39, 0.29) is 11.3 Å². The maximum atomic E-state index is 12.6. The molecule has 3 rings (SSSR count). The zero-order chi connectivity index (χ0) is 16.0. The van der Waals surface area contributed by atoms with Gasteiger partial charge in [-0.05, 0) is 42.2 Å². The van der Waals surface area contributed by atoms with Gasteiger partial charge in [0.1, 0.15) is 0 Å². The number of benzene rings is 1. The van der Waals surface area contributed by atoms with Gasteiger partial charge in [0.25, 0.3) is 0 Å². The number of hydrogen-bond donors (Lipinski definition) is 0. The highest BCUT2D eigenvalue weighted by atomic mass is 19.4. The van der Waals surface area contributed by atoms with Gasteiger partial charge in [-0.2, -0.15) is 13.2 Å². The zero-order valence-electron chi connectivity index (χ0n) is 12.0. The van der Waals surface area contributed by atoms with Crippen molar-refractivity contribution < 1.29 is 18.0 Å². The van der Waals surface area contributed by atoms with Crippen molar-refractivity contribution in [1.29, 1.82) is 0 Å². The van der Waals surface area contributed by atoms with Gasteiger partial charge in [-0.15, -0.1) is 0 Å². The average molecular weight is 307 g/mol. The standard InChI is InChI=1S/C17H16F3NO/c1-2-15(22)21-10-16(11-21)8-7-13(9-16)12-3-5-14(6-4-12)17(18,19)20/h2-6,9H,1,7-8,10-11H2. The molecule has 2 aliphatic rings.